The summed E-state index contributed by atoms with van der Waals surface area (Å²) in [7, 11) is 1.48. The van der Waals surface area contributed by atoms with Crippen LogP contribution >= 0.6 is 0 Å². The van der Waals surface area contributed by atoms with Crippen LogP contribution in [-0.2, 0) is 9.53 Å². The quantitative estimate of drug-likeness (QED) is 0.671. The highest BCUT2D eigenvalue weighted by atomic mass is 16.5. The summed E-state index contributed by atoms with van der Waals surface area (Å²) < 4.78 is 4.86. The second-order valence-corrected chi connectivity index (χ2v) is 11.5. The van der Waals surface area contributed by atoms with Crippen LogP contribution in [0, 0.1) is 46.3 Å². The third kappa shape index (κ3) is 3.46. The normalized spacial score (nSPS) is 50.2. The first kappa shape index (κ1) is 21.6. The van der Waals surface area contributed by atoms with Gasteiger partial charge in [-0.15, -0.1) is 0 Å². The molecule has 4 aliphatic carbocycles. The number of aliphatic hydroxyl groups is 2. The van der Waals surface area contributed by atoms with E-state index in [2.05, 4.69) is 20.8 Å². The lowest BCUT2D eigenvalue weighted by atomic mass is 9.44. The van der Waals surface area contributed by atoms with E-state index in [1.54, 1.807) is 0 Å². The van der Waals surface area contributed by atoms with E-state index in [4.69, 9.17) is 4.74 Å². The van der Waals surface area contributed by atoms with Gasteiger partial charge in [-0.3, -0.25) is 4.79 Å². The Kier molecular flexibility index (Phi) is 5.83. The molecule has 0 heterocycles. The molecule has 0 aliphatic heterocycles. The second kappa shape index (κ2) is 7.82. The largest absolute Gasteiger partial charge is 0.469 e. The molecule has 0 aromatic carbocycles. The average molecular weight is 407 g/mol. The maximum atomic E-state index is 11.6. The lowest BCUT2D eigenvalue weighted by molar-refractivity contribution is -0.172. The van der Waals surface area contributed by atoms with Crippen LogP contribution < -0.4 is 0 Å². The SMILES string of the molecule is COC(=O)CCC(C)C1CCC2C3C[C@H](O)[C@@H]4C[C@H](O)CC[C@]4(C)C3CC[C@]12C. The van der Waals surface area contributed by atoms with Crippen molar-refractivity contribution in [1.29, 1.82) is 0 Å². The van der Waals surface area contributed by atoms with E-state index in [0.29, 0.717) is 41.4 Å². The summed E-state index contributed by atoms with van der Waals surface area (Å²) in [6, 6.07) is 0. The highest BCUT2D eigenvalue weighted by molar-refractivity contribution is 5.69. The molecule has 4 saturated carbocycles. The standard InChI is InChI=1S/C25H42O4/c1-15(5-8-23(28)29-4)18-6-7-19-17-14-22(27)21-13-16(26)9-11-25(21,3)20(17)10-12-24(18,19)2/h15-22,26-27H,5-14H2,1-4H3/t15?,16-,17?,18?,19?,20?,21+,22+,24-,25-/m1/s1. The molecule has 4 heteroatoms. The maximum Gasteiger partial charge on any atom is 0.305 e. The predicted octanol–water partition coefficient (Wildman–Crippen LogP) is 4.57. The van der Waals surface area contributed by atoms with Gasteiger partial charge in [0.05, 0.1) is 19.3 Å². The molecule has 4 aliphatic rings. The molecule has 0 aromatic heterocycles. The topological polar surface area (TPSA) is 66.8 Å². The van der Waals surface area contributed by atoms with Crippen molar-refractivity contribution < 1.29 is 19.7 Å². The summed E-state index contributed by atoms with van der Waals surface area (Å²) >= 11 is 0. The number of rotatable bonds is 4. The number of hydrogen-bond donors (Lipinski definition) is 2. The third-order valence-electron chi connectivity index (χ3n) is 10.4. The van der Waals surface area contributed by atoms with Crippen molar-refractivity contribution in [2.75, 3.05) is 7.11 Å². The van der Waals surface area contributed by atoms with Crippen molar-refractivity contribution >= 4 is 5.97 Å². The zero-order valence-electron chi connectivity index (χ0n) is 18.9. The highest BCUT2D eigenvalue weighted by Crippen LogP contribution is 2.68. The summed E-state index contributed by atoms with van der Waals surface area (Å²) in [4.78, 5) is 11.6. The van der Waals surface area contributed by atoms with Gasteiger partial charge >= 0.3 is 5.97 Å². The lowest BCUT2D eigenvalue weighted by Gasteiger charge is -2.62. The fourth-order valence-electron chi connectivity index (χ4n) is 8.90. The van der Waals surface area contributed by atoms with Crippen LogP contribution in [0.25, 0.3) is 0 Å². The van der Waals surface area contributed by atoms with Crippen LogP contribution in [0.15, 0.2) is 0 Å². The molecule has 10 atom stereocenters. The van der Waals surface area contributed by atoms with Gasteiger partial charge in [-0.1, -0.05) is 20.8 Å². The minimum atomic E-state index is -0.255. The minimum absolute atomic E-state index is 0.0888. The molecule has 166 valence electrons. The van der Waals surface area contributed by atoms with Gasteiger partial charge in [0.1, 0.15) is 0 Å². The number of aliphatic hydroxyl groups excluding tert-OH is 2. The van der Waals surface area contributed by atoms with Crippen LogP contribution in [0.2, 0.25) is 0 Å². The summed E-state index contributed by atoms with van der Waals surface area (Å²) in [5.74, 6) is 3.42. The van der Waals surface area contributed by atoms with Gasteiger partial charge in [-0.05, 0) is 104 Å². The van der Waals surface area contributed by atoms with Crippen molar-refractivity contribution in [2.45, 2.75) is 97.2 Å². The Morgan fingerprint density at radius 2 is 1.69 bits per heavy atom. The van der Waals surface area contributed by atoms with Gasteiger partial charge in [-0.2, -0.15) is 0 Å². The molecule has 29 heavy (non-hydrogen) atoms. The Morgan fingerprint density at radius 1 is 1.00 bits per heavy atom. The Morgan fingerprint density at radius 3 is 2.41 bits per heavy atom. The van der Waals surface area contributed by atoms with E-state index in [1.807, 2.05) is 0 Å². The molecular formula is C25H42O4. The van der Waals surface area contributed by atoms with Crippen LogP contribution in [0.4, 0.5) is 0 Å². The number of hydrogen-bond acceptors (Lipinski definition) is 4. The smallest absolute Gasteiger partial charge is 0.305 e. The molecule has 0 spiro atoms. The molecule has 0 amide bonds. The van der Waals surface area contributed by atoms with Gasteiger partial charge in [-0.25, -0.2) is 0 Å². The summed E-state index contributed by atoms with van der Waals surface area (Å²) in [5.41, 5.74) is 0.533. The lowest BCUT2D eigenvalue weighted by Crippen LogP contribution is -2.58. The van der Waals surface area contributed by atoms with Crippen LogP contribution in [-0.4, -0.2) is 35.5 Å². The maximum absolute atomic E-state index is 11.6. The van der Waals surface area contributed by atoms with E-state index >= 15 is 0 Å². The molecular weight excluding hydrogens is 364 g/mol. The first-order chi connectivity index (χ1) is 13.7. The van der Waals surface area contributed by atoms with E-state index in [-0.39, 0.29) is 29.5 Å². The van der Waals surface area contributed by atoms with Crippen molar-refractivity contribution in [3.8, 4) is 0 Å². The number of ether oxygens (including phenoxy) is 1. The molecule has 0 aromatic rings. The fraction of sp³-hybridized carbons (Fsp3) is 0.960. The second-order valence-electron chi connectivity index (χ2n) is 11.5. The van der Waals surface area contributed by atoms with E-state index in [9.17, 15) is 15.0 Å². The summed E-state index contributed by atoms with van der Waals surface area (Å²) in [5, 5.41) is 21.3. The molecule has 0 radical (unpaired) electrons. The van der Waals surface area contributed by atoms with Gasteiger partial charge in [0.25, 0.3) is 0 Å². The van der Waals surface area contributed by atoms with E-state index in [1.165, 1.54) is 32.8 Å². The first-order valence-corrected chi connectivity index (χ1v) is 12.1. The summed E-state index contributed by atoms with van der Waals surface area (Å²) in [6.07, 6.45) is 9.77. The zero-order valence-corrected chi connectivity index (χ0v) is 18.9. The Hall–Kier alpha value is -0.610. The highest BCUT2D eigenvalue weighted by Gasteiger charge is 2.62. The van der Waals surface area contributed by atoms with E-state index < -0.39 is 0 Å². The number of carbonyl (C=O) groups excluding carboxylic acids is 1. The fourth-order valence-corrected chi connectivity index (χ4v) is 8.90. The zero-order chi connectivity index (χ0) is 21.0. The third-order valence-corrected chi connectivity index (χ3v) is 10.4. The van der Waals surface area contributed by atoms with Crippen LogP contribution in [0.5, 0.6) is 0 Å². The van der Waals surface area contributed by atoms with Crippen molar-refractivity contribution in [3.63, 3.8) is 0 Å². The average Bonchev–Trinajstić information content (AvgIpc) is 3.05. The van der Waals surface area contributed by atoms with Crippen LogP contribution in [0.1, 0.15) is 85.0 Å². The van der Waals surface area contributed by atoms with Crippen LogP contribution in [0.3, 0.4) is 0 Å². The number of esters is 1. The Bertz CT molecular complexity index is 620. The van der Waals surface area contributed by atoms with Crippen molar-refractivity contribution in [3.05, 3.63) is 0 Å². The monoisotopic (exact) mass is 406 g/mol. The summed E-state index contributed by atoms with van der Waals surface area (Å²) in [6.45, 7) is 7.28. The molecule has 4 rings (SSSR count). The molecule has 4 fully saturated rings. The van der Waals surface area contributed by atoms with Gasteiger partial charge in [0.2, 0.25) is 0 Å². The molecule has 0 saturated heterocycles. The van der Waals surface area contributed by atoms with E-state index in [0.717, 1.165) is 32.1 Å². The molecule has 0 bridgehead atoms. The number of fused-ring (bicyclic) bond motifs is 5. The number of methoxy groups -OCH3 is 1. The first-order valence-electron chi connectivity index (χ1n) is 12.1. The predicted molar refractivity (Wildman–Crippen MR) is 113 cm³/mol. The Balaban J connectivity index is 1.52. The van der Waals surface area contributed by atoms with Gasteiger partial charge in [0.15, 0.2) is 0 Å². The van der Waals surface area contributed by atoms with Gasteiger partial charge in [0, 0.05) is 6.42 Å². The minimum Gasteiger partial charge on any atom is -0.469 e. The Labute approximate surface area is 176 Å². The van der Waals surface area contributed by atoms with Crippen molar-refractivity contribution in [2.24, 2.45) is 46.3 Å². The molecule has 4 nitrogen and oxygen atoms in total. The molecule has 5 unspecified atom stereocenters. The number of carbonyl (C=O) groups is 1. The van der Waals surface area contributed by atoms with Crippen molar-refractivity contribution in [1.82, 2.24) is 0 Å². The van der Waals surface area contributed by atoms with Gasteiger partial charge < -0.3 is 14.9 Å². The molecule has 2 N–H and O–H groups in total.